The van der Waals surface area contributed by atoms with Gasteiger partial charge in [-0.1, -0.05) is 23.7 Å². The second-order valence-electron chi connectivity index (χ2n) is 4.23. The first-order valence-electron chi connectivity index (χ1n) is 5.30. The smallest absolute Gasteiger partial charge is 0.0477 e. The molecule has 82 valence electrons. The Morgan fingerprint density at radius 2 is 2.27 bits per heavy atom. The van der Waals surface area contributed by atoms with Crippen LogP contribution in [0.25, 0.3) is 0 Å². The van der Waals surface area contributed by atoms with Gasteiger partial charge in [0.05, 0.1) is 0 Å². The van der Waals surface area contributed by atoms with Crippen molar-refractivity contribution in [2.24, 2.45) is 5.92 Å². The second-order valence-corrected chi connectivity index (χ2v) is 4.64. The third-order valence-corrected chi connectivity index (χ3v) is 3.46. The van der Waals surface area contributed by atoms with E-state index >= 15 is 0 Å². The number of rotatable bonds is 2. The quantitative estimate of drug-likeness (QED) is 0.807. The van der Waals surface area contributed by atoms with Crippen LogP contribution in [0.5, 0.6) is 0 Å². The van der Waals surface area contributed by atoms with Crippen molar-refractivity contribution in [3.05, 3.63) is 34.3 Å². The minimum atomic E-state index is 0.224. The van der Waals surface area contributed by atoms with Gasteiger partial charge in [0.25, 0.3) is 0 Å². The molecule has 1 aliphatic rings. The summed E-state index contributed by atoms with van der Waals surface area (Å²) in [5.41, 5.74) is 2.33. The van der Waals surface area contributed by atoms with Crippen LogP contribution < -0.4 is 5.32 Å². The standard InChI is InChI=1S/C12H16ClNO/c1-8-2-3-10(12(13)4-8)11-6-14-5-9(11)7-15/h2-4,9,11,14-15H,5-7H2,1H3/t9-,11+/m0/s1. The van der Waals surface area contributed by atoms with Gasteiger partial charge < -0.3 is 10.4 Å². The van der Waals surface area contributed by atoms with Crippen molar-refractivity contribution in [2.75, 3.05) is 19.7 Å². The van der Waals surface area contributed by atoms with Gasteiger partial charge in [-0.05, 0) is 24.1 Å². The molecule has 0 spiro atoms. The first kappa shape index (κ1) is 10.9. The fourth-order valence-corrected chi connectivity index (χ4v) is 2.60. The molecule has 15 heavy (non-hydrogen) atoms. The molecule has 2 nitrogen and oxygen atoms in total. The van der Waals surface area contributed by atoms with E-state index < -0.39 is 0 Å². The zero-order chi connectivity index (χ0) is 10.8. The maximum Gasteiger partial charge on any atom is 0.0477 e. The van der Waals surface area contributed by atoms with Gasteiger partial charge in [0.15, 0.2) is 0 Å². The molecule has 1 aromatic rings. The highest BCUT2D eigenvalue weighted by atomic mass is 35.5. The van der Waals surface area contributed by atoms with Crippen molar-refractivity contribution < 1.29 is 5.11 Å². The maximum atomic E-state index is 9.26. The summed E-state index contributed by atoms with van der Waals surface area (Å²) in [6.07, 6.45) is 0. The molecular formula is C12H16ClNO. The Morgan fingerprint density at radius 3 is 2.93 bits per heavy atom. The first-order valence-corrected chi connectivity index (χ1v) is 5.68. The lowest BCUT2D eigenvalue weighted by Gasteiger charge is -2.18. The number of benzene rings is 1. The minimum Gasteiger partial charge on any atom is -0.396 e. The molecule has 0 aliphatic carbocycles. The highest BCUT2D eigenvalue weighted by molar-refractivity contribution is 6.31. The molecule has 2 atom stereocenters. The molecule has 1 aromatic carbocycles. The van der Waals surface area contributed by atoms with Crippen LogP contribution in [0.15, 0.2) is 18.2 Å². The van der Waals surface area contributed by atoms with Crippen molar-refractivity contribution in [1.82, 2.24) is 5.32 Å². The number of hydrogen-bond acceptors (Lipinski definition) is 2. The molecule has 0 unspecified atom stereocenters. The van der Waals surface area contributed by atoms with Crippen LogP contribution in [0.1, 0.15) is 17.0 Å². The van der Waals surface area contributed by atoms with Crippen LogP contribution in [0.3, 0.4) is 0 Å². The number of hydrogen-bond donors (Lipinski definition) is 2. The molecular weight excluding hydrogens is 210 g/mol. The molecule has 0 radical (unpaired) electrons. The number of halogens is 1. The molecule has 0 aromatic heterocycles. The summed E-state index contributed by atoms with van der Waals surface area (Å²) >= 11 is 6.22. The van der Waals surface area contributed by atoms with Crippen LogP contribution in [0.2, 0.25) is 5.02 Å². The van der Waals surface area contributed by atoms with Crippen LogP contribution in [0.4, 0.5) is 0 Å². The Kier molecular flexibility index (Phi) is 3.29. The summed E-state index contributed by atoms with van der Waals surface area (Å²) < 4.78 is 0. The molecule has 0 saturated carbocycles. The summed E-state index contributed by atoms with van der Waals surface area (Å²) in [6, 6.07) is 6.15. The lowest BCUT2D eigenvalue weighted by Crippen LogP contribution is -2.15. The number of aryl methyl sites for hydroxylation is 1. The summed E-state index contributed by atoms with van der Waals surface area (Å²) in [5.74, 6) is 0.647. The summed E-state index contributed by atoms with van der Waals surface area (Å²) in [6.45, 7) is 4.05. The molecule has 2 N–H and O–H groups in total. The Labute approximate surface area is 95.3 Å². The summed E-state index contributed by atoms with van der Waals surface area (Å²) in [7, 11) is 0. The van der Waals surface area contributed by atoms with Gasteiger partial charge in [0.2, 0.25) is 0 Å². The van der Waals surface area contributed by atoms with Gasteiger partial charge in [-0.2, -0.15) is 0 Å². The van der Waals surface area contributed by atoms with E-state index in [4.69, 9.17) is 11.6 Å². The predicted molar refractivity (Wildman–Crippen MR) is 62.4 cm³/mol. The molecule has 0 bridgehead atoms. The van der Waals surface area contributed by atoms with E-state index in [-0.39, 0.29) is 6.61 Å². The van der Waals surface area contributed by atoms with E-state index in [1.54, 1.807) is 0 Å². The van der Waals surface area contributed by atoms with Crippen LogP contribution in [-0.2, 0) is 0 Å². The van der Waals surface area contributed by atoms with Gasteiger partial charge in [0, 0.05) is 36.6 Å². The van der Waals surface area contributed by atoms with Crippen LogP contribution in [0, 0.1) is 12.8 Å². The fraction of sp³-hybridized carbons (Fsp3) is 0.500. The third-order valence-electron chi connectivity index (χ3n) is 3.13. The van der Waals surface area contributed by atoms with Gasteiger partial charge in [0.1, 0.15) is 0 Å². The molecule has 1 fully saturated rings. The van der Waals surface area contributed by atoms with Crippen molar-refractivity contribution in [3.8, 4) is 0 Å². The average Bonchev–Trinajstić information content (AvgIpc) is 2.65. The zero-order valence-electron chi connectivity index (χ0n) is 8.83. The Hall–Kier alpha value is -0.570. The van der Waals surface area contributed by atoms with Crippen molar-refractivity contribution in [2.45, 2.75) is 12.8 Å². The van der Waals surface area contributed by atoms with Crippen LogP contribution in [-0.4, -0.2) is 24.8 Å². The normalized spacial score (nSPS) is 25.8. The van der Waals surface area contributed by atoms with Crippen molar-refractivity contribution in [1.29, 1.82) is 0 Å². The molecule has 1 heterocycles. The lowest BCUT2D eigenvalue weighted by atomic mass is 9.89. The average molecular weight is 226 g/mol. The zero-order valence-corrected chi connectivity index (χ0v) is 9.59. The fourth-order valence-electron chi connectivity index (χ4n) is 2.22. The van der Waals surface area contributed by atoms with Crippen molar-refractivity contribution >= 4 is 11.6 Å². The van der Waals surface area contributed by atoms with E-state index in [0.717, 1.165) is 23.7 Å². The highest BCUT2D eigenvalue weighted by Crippen LogP contribution is 2.33. The number of aliphatic hydroxyl groups is 1. The largest absolute Gasteiger partial charge is 0.396 e. The Balaban J connectivity index is 2.28. The molecule has 3 heteroatoms. The van der Waals surface area contributed by atoms with Crippen molar-refractivity contribution in [3.63, 3.8) is 0 Å². The van der Waals surface area contributed by atoms with Gasteiger partial charge in [-0.25, -0.2) is 0 Å². The van der Waals surface area contributed by atoms with E-state index in [2.05, 4.69) is 17.4 Å². The molecule has 0 amide bonds. The Bertz CT molecular complexity index is 353. The lowest BCUT2D eigenvalue weighted by molar-refractivity contribution is 0.226. The van der Waals surface area contributed by atoms with Gasteiger partial charge >= 0.3 is 0 Å². The summed E-state index contributed by atoms with van der Waals surface area (Å²) in [5, 5.41) is 13.4. The SMILES string of the molecule is Cc1ccc([C@@H]2CNC[C@H]2CO)c(Cl)c1. The second kappa shape index (κ2) is 4.52. The number of nitrogens with one attached hydrogen (secondary N) is 1. The maximum absolute atomic E-state index is 9.26. The first-order chi connectivity index (χ1) is 7.22. The number of aliphatic hydroxyl groups excluding tert-OH is 1. The minimum absolute atomic E-state index is 0.224. The monoisotopic (exact) mass is 225 g/mol. The third kappa shape index (κ3) is 2.17. The molecule has 1 saturated heterocycles. The Morgan fingerprint density at radius 1 is 1.47 bits per heavy atom. The van der Waals surface area contributed by atoms with E-state index in [1.807, 2.05) is 13.0 Å². The summed E-state index contributed by atoms with van der Waals surface area (Å²) in [4.78, 5) is 0. The van der Waals surface area contributed by atoms with E-state index in [1.165, 1.54) is 5.56 Å². The topological polar surface area (TPSA) is 32.3 Å². The van der Waals surface area contributed by atoms with E-state index in [0.29, 0.717) is 11.8 Å². The highest BCUT2D eigenvalue weighted by Gasteiger charge is 2.28. The van der Waals surface area contributed by atoms with Gasteiger partial charge in [-0.15, -0.1) is 0 Å². The molecule has 2 rings (SSSR count). The molecule has 1 aliphatic heterocycles. The van der Waals surface area contributed by atoms with Gasteiger partial charge in [-0.3, -0.25) is 0 Å². The predicted octanol–water partition coefficient (Wildman–Crippen LogP) is 1.94. The van der Waals surface area contributed by atoms with E-state index in [9.17, 15) is 5.11 Å². The van der Waals surface area contributed by atoms with Crippen LogP contribution >= 0.6 is 11.6 Å².